The average molecular weight is 302 g/mol. The van der Waals surface area contributed by atoms with Crippen LogP contribution in [0.4, 0.5) is 0 Å². The normalized spacial score (nSPS) is 15.4. The minimum atomic E-state index is -0.165. The zero-order valence-corrected chi connectivity index (χ0v) is 15.2. The molecule has 0 aromatic carbocycles. The van der Waals surface area contributed by atoms with E-state index in [9.17, 15) is 5.11 Å². The van der Waals surface area contributed by atoms with E-state index in [4.69, 9.17) is 9.47 Å². The van der Waals surface area contributed by atoms with E-state index in [-0.39, 0.29) is 11.7 Å². The fourth-order valence-corrected chi connectivity index (χ4v) is 1.94. The van der Waals surface area contributed by atoms with Crippen LogP contribution in [0, 0.1) is 11.8 Å². The molecule has 128 valence electrons. The summed E-state index contributed by atoms with van der Waals surface area (Å²) in [5.41, 5.74) is -0.0462. The molecule has 0 aliphatic carbocycles. The van der Waals surface area contributed by atoms with Gasteiger partial charge in [0.1, 0.15) is 0 Å². The number of rotatable bonds is 13. The van der Waals surface area contributed by atoms with Crippen molar-refractivity contribution < 1.29 is 14.6 Å². The molecule has 0 rings (SSSR count). The molecule has 0 fully saturated rings. The van der Waals surface area contributed by atoms with E-state index in [0.29, 0.717) is 11.8 Å². The molecule has 0 radical (unpaired) electrons. The Labute approximate surface area is 132 Å². The van der Waals surface area contributed by atoms with Crippen LogP contribution in [-0.2, 0) is 9.47 Å². The van der Waals surface area contributed by atoms with Crippen molar-refractivity contribution in [2.75, 3.05) is 19.8 Å². The maximum atomic E-state index is 9.48. The lowest BCUT2D eigenvalue weighted by Crippen LogP contribution is -2.32. The molecule has 0 aromatic rings. The summed E-state index contributed by atoms with van der Waals surface area (Å²) in [6.45, 7) is 15.3. The third-order valence-electron chi connectivity index (χ3n) is 4.62. The van der Waals surface area contributed by atoms with Crippen molar-refractivity contribution in [2.24, 2.45) is 11.8 Å². The number of hydrogen-bond donors (Lipinski definition) is 1. The Hall–Kier alpha value is -0.120. The van der Waals surface area contributed by atoms with Gasteiger partial charge >= 0.3 is 0 Å². The first-order chi connectivity index (χ1) is 9.83. The van der Waals surface area contributed by atoms with Crippen molar-refractivity contribution in [1.29, 1.82) is 0 Å². The van der Waals surface area contributed by atoms with Crippen LogP contribution in [0.2, 0.25) is 0 Å². The van der Waals surface area contributed by atoms with Gasteiger partial charge in [-0.1, -0.05) is 34.1 Å². The predicted molar refractivity (Wildman–Crippen MR) is 89.6 cm³/mol. The Balaban J connectivity index is 3.72. The van der Waals surface area contributed by atoms with E-state index in [1.54, 1.807) is 0 Å². The van der Waals surface area contributed by atoms with Crippen molar-refractivity contribution in [1.82, 2.24) is 0 Å². The molecule has 0 aliphatic rings. The van der Waals surface area contributed by atoms with E-state index in [2.05, 4.69) is 34.6 Å². The Morgan fingerprint density at radius 1 is 1.00 bits per heavy atom. The van der Waals surface area contributed by atoms with Gasteiger partial charge < -0.3 is 14.6 Å². The zero-order valence-electron chi connectivity index (χ0n) is 15.2. The van der Waals surface area contributed by atoms with Crippen molar-refractivity contribution in [3.05, 3.63) is 0 Å². The maximum absolute atomic E-state index is 9.48. The molecule has 21 heavy (non-hydrogen) atoms. The van der Waals surface area contributed by atoms with Crippen molar-refractivity contribution in [2.45, 2.75) is 85.4 Å². The first kappa shape index (κ1) is 20.9. The van der Waals surface area contributed by atoms with Gasteiger partial charge in [-0.25, -0.2) is 0 Å². The van der Waals surface area contributed by atoms with E-state index in [1.807, 2.05) is 6.92 Å². The van der Waals surface area contributed by atoms with Crippen LogP contribution in [-0.4, -0.2) is 36.6 Å². The highest BCUT2D eigenvalue weighted by atomic mass is 16.5. The van der Waals surface area contributed by atoms with E-state index < -0.39 is 0 Å². The summed E-state index contributed by atoms with van der Waals surface area (Å²) in [5, 5.41) is 9.48. The molecule has 0 aliphatic heterocycles. The summed E-state index contributed by atoms with van der Waals surface area (Å²) in [5.74, 6) is 1.10. The van der Waals surface area contributed by atoms with E-state index >= 15 is 0 Å². The fourth-order valence-electron chi connectivity index (χ4n) is 1.94. The molecular weight excluding hydrogens is 264 g/mol. The summed E-state index contributed by atoms with van der Waals surface area (Å²) in [4.78, 5) is 0. The van der Waals surface area contributed by atoms with Crippen LogP contribution in [0.5, 0.6) is 0 Å². The van der Waals surface area contributed by atoms with E-state index in [0.717, 1.165) is 51.9 Å². The second kappa shape index (κ2) is 11.4. The molecule has 3 heteroatoms. The monoisotopic (exact) mass is 302 g/mol. The topological polar surface area (TPSA) is 38.7 Å². The summed E-state index contributed by atoms with van der Waals surface area (Å²) in [6.07, 6.45) is 4.65. The van der Waals surface area contributed by atoms with Crippen molar-refractivity contribution in [3.8, 4) is 0 Å². The molecule has 2 unspecified atom stereocenters. The standard InChI is InChI=1S/C18H38O3/c1-7-16(11-13-21-18(5,6)15(3)4)14-20-12-9-10-17(19)8-2/h15-17,19H,7-14H2,1-6H3. The summed E-state index contributed by atoms with van der Waals surface area (Å²) < 4.78 is 11.8. The van der Waals surface area contributed by atoms with Gasteiger partial charge in [-0.2, -0.15) is 0 Å². The second-order valence-electron chi connectivity index (χ2n) is 6.95. The van der Waals surface area contributed by atoms with E-state index in [1.165, 1.54) is 0 Å². The van der Waals surface area contributed by atoms with Crippen LogP contribution < -0.4 is 0 Å². The van der Waals surface area contributed by atoms with Crippen LogP contribution in [0.3, 0.4) is 0 Å². The average Bonchev–Trinajstić information content (AvgIpc) is 2.44. The van der Waals surface area contributed by atoms with Crippen LogP contribution in [0.1, 0.15) is 73.6 Å². The minimum Gasteiger partial charge on any atom is -0.393 e. The maximum Gasteiger partial charge on any atom is 0.0649 e. The fraction of sp³-hybridized carbons (Fsp3) is 1.00. The Morgan fingerprint density at radius 3 is 2.19 bits per heavy atom. The molecule has 0 aromatic heterocycles. The lowest BCUT2D eigenvalue weighted by molar-refractivity contribution is -0.0582. The van der Waals surface area contributed by atoms with Gasteiger partial charge in [0.15, 0.2) is 0 Å². The molecule has 0 heterocycles. The first-order valence-electron chi connectivity index (χ1n) is 8.73. The molecule has 3 nitrogen and oxygen atoms in total. The molecule has 0 amide bonds. The molecule has 0 saturated carbocycles. The Morgan fingerprint density at radius 2 is 1.67 bits per heavy atom. The largest absolute Gasteiger partial charge is 0.393 e. The van der Waals surface area contributed by atoms with Gasteiger partial charge in [-0.3, -0.25) is 0 Å². The van der Waals surface area contributed by atoms with Crippen molar-refractivity contribution >= 4 is 0 Å². The number of hydrogen-bond acceptors (Lipinski definition) is 3. The quantitative estimate of drug-likeness (QED) is 0.512. The zero-order chi connectivity index (χ0) is 16.3. The lowest BCUT2D eigenvalue weighted by atomic mass is 9.94. The summed E-state index contributed by atoms with van der Waals surface area (Å²) in [7, 11) is 0. The highest BCUT2D eigenvalue weighted by Gasteiger charge is 2.23. The molecule has 0 saturated heterocycles. The lowest BCUT2D eigenvalue weighted by Gasteiger charge is -2.30. The number of aliphatic hydroxyl groups is 1. The van der Waals surface area contributed by atoms with Gasteiger partial charge in [0.25, 0.3) is 0 Å². The van der Waals surface area contributed by atoms with Gasteiger partial charge in [-0.05, 0) is 51.4 Å². The predicted octanol–water partition coefficient (Wildman–Crippen LogP) is 4.42. The smallest absolute Gasteiger partial charge is 0.0649 e. The number of ether oxygens (including phenoxy) is 2. The number of aliphatic hydroxyl groups excluding tert-OH is 1. The van der Waals surface area contributed by atoms with Crippen LogP contribution >= 0.6 is 0 Å². The van der Waals surface area contributed by atoms with Gasteiger partial charge in [-0.15, -0.1) is 0 Å². The third kappa shape index (κ3) is 10.3. The van der Waals surface area contributed by atoms with Gasteiger partial charge in [0, 0.05) is 19.8 Å². The van der Waals surface area contributed by atoms with Crippen molar-refractivity contribution in [3.63, 3.8) is 0 Å². The minimum absolute atomic E-state index is 0.0462. The molecule has 1 N–H and O–H groups in total. The van der Waals surface area contributed by atoms with Gasteiger partial charge in [0.05, 0.1) is 11.7 Å². The second-order valence-corrected chi connectivity index (χ2v) is 6.95. The summed E-state index contributed by atoms with van der Waals surface area (Å²) >= 11 is 0. The molecule has 0 bridgehead atoms. The Kier molecular flexibility index (Phi) is 11.4. The highest BCUT2D eigenvalue weighted by Crippen LogP contribution is 2.21. The Bertz CT molecular complexity index is 239. The highest BCUT2D eigenvalue weighted by molar-refractivity contribution is 4.72. The molecule has 2 atom stereocenters. The van der Waals surface area contributed by atoms with Gasteiger partial charge in [0.2, 0.25) is 0 Å². The SMILES string of the molecule is CCC(O)CCCOCC(CC)CCOC(C)(C)C(C)C. The molecular formula is C18H38O3. The van der Waals surface area contributed by atoms with Crippen LogP contribution in [0.15, 0.2) is 0 Å². The first-order valence-corrected chi connectivity index (χ1v) is 8.73. The summed E-state index contributed by atoms with van der Waals surface area (Å²) in [6, 6.07) is 0. The third-order valence-corrected chi connectivity index (χ3v) is 4.62. The van der Waals surface area contributed by atoms with Crippen LogP contribution in [0.25, 0.3) is 0 Å². The molecule has 0 spiro atoms.